The van der Waals surface area contributed by atoms with E-state index in [1.54, 1.807) is 6.08 Å². The van der Waals surface area contributed by atoms with E-state index in [-0.39, 0.29) is 12.5 Å². The number of amides is 1. The number of carbonyl (C=O) groups excluding carboxylic acids is 1. The summed E-state index contributed by atoms with van der Waals surface area (Å²) in [5, 5.41) is 23.1. The topological polar surface area (TPSA) is 69.6 Å². The van der Waals surface area contributed by atoms with E-state index in [0.29, 0.717) is 6.42 Å². The third-order valence-corrected chi connectivity index (χ3v) is 12.5. The maximum absolute atomic E-state index is 12.4. The fraction of sp³-hybridized carbons (Fsp3) is 0.943. The second kappa shape index (κ2) is 49.5. The minimum absolute atomic E-state index is 0.0572. The Morgan fingerprint density at radius 1 is 0.404 bits per heavy atom. The van der Waals surface area contributed by atoms with Crippen LogP contribution in [0.4, 0.5) is 0 Å². The van der Waals surface area contributed by atoms with Crippen molar-refractivity contribution in [1.82, 2.24) is 5.32 Å². The molecule has 0 heterocycles. The van der Waals surface area contributed by atoms with Gasteiger partial charge in [-0.2, -0.15) is 0 Å². The molecule has 57 heavy (non-hydrogen) atoms. The summed E-state index contributed by atoms with van der Waals surface area (Å²) in [6.45, 7) is 4.34. The molecule has 0 aliphatic carbocycles. The highest BCUT2D eigenvalue weighted by molar-refractivity contribution is 5.76. The van der Waals surface area contributed by atoms with Gasteiger partial charge in [-0.1, -0.05) is 289 Å². The Morgan fingerprint density at radius 3 is 0.912 bits per heavy atom. The maximum atomic E-state index is 12.4. The van der Waals surface area contributed by atoms with Gasteiger partial charge in [-0.3, -0.25) is 4.79 Å². The highest BCUT2D eigenvalue weighted by Gasteiger charge is 2.18. The van der Waals surface area contributed by atoms with Gasteiger partial charge < -0.3 is 15.5 Å². The van der Waals surface area contributed by atoms with Crippen LogP contribution in [0, 0.1) is 0 Å². The van der Waals surface area contributed by atoms with E-state index < -0.39 is 12.1 Å². The molecule has 0 saturated heterocycles. The number of hydrogen-bond donors (Lipinski definition) is 3. The number of hydrogen-bond acceptors (Lipinski definition) is 3. The largest absolute Gasteiger partial charge is 0.394 e. The van der Waals surface area contributed by atoms with Gasteiger partial charge in [0, 0.05) is 6.42 Å². The van der Waals surface area contributed by atoms with Crippen molar-refractivity contribution >= 4 is 5.91 Å². The minimum atomic E-state index is -0.834. The molecule has 3 N–H and O–H groups in total. The van der Waals surface area contributed by atoms with Gasteiger partial charge in [-0.25, -0.2) is 0 Å². The molecule has 0 unspecified atom stereocenters. The maximum Gasteiger partial charge on any atom is 0.220 e. The van der Waals surface area contributed by atoms with Crippen molar-refractivity contribution in [1.29, 1.82) is 0 Å². The second-order valence-electron chi connectivity index (χ2n) is 18.3. The summed E-state index contributed by atoms with van der Waals surface area (Å²) in [6.07, 6.45) is 63.7. The quantitative estimate of drug-likeness (QED) is 0.0424. The molecule has 0 spiro atoms. The van der Waals surface area contributed by atoms with Gasteiger partial charge in [-0.05, 0) is 19.3 Å². The lowest BCUT2D eigenvalue weighted by Crippen LogP contribution is -2.45. The Morgan fingerprint density at radius 2 is 0.649 bits per heavy atom. The summed E-state index contributed by atoms with van der Waals surface area (Å²) in [6, 6.07) is -0.617. The van der Waals surface area contributed by atoms with Gasteiger partial charge in [0.15, 0.2) is 0 Å². The molecule has 340 valence electrons. The van der Waals surface area contributed by atoms with Gasteiger partial charge in [-0.15, -0.1) is 0 Å². The van der Waals surface area contributed by atoms with Crippen LogP contribution in [0.2, 0.25) is 0 Å². The number of rotatable bonds is 49. The number of aliphatic hydroxyl groups excluding tert-OH is 2. The Labute approximate surface area is 358 Å². The van der Waals surface area contributed by atoms with Crippen LogP contribution in [0.5, 0.6) is 0 Å². The Kier molecular flexibility index (Phi) is 48.7. The molecule has 0 bridgehead atoms. The third-order valence-electron chi connectivity index (χ3n) is 12.5. The summed E-state index contributed by atoms with van der Waals surface area (Å²) in [7, 11) is 0. The van der Waals surface area contributed by atoms with E-state index in [9.17, 15) is 15.0 Å². The molecule has 4 nitrogen and oxygen atoms in total. The van der Waals surface area contributed by atoms with Crippen molar-refractivity contribution in [2.45, 2.75) is 315 Å². The summed E-state index contributed by atoms with van der Waals surface area (Å²) in [5.74, 6) is -0.0572. The molecule has 0 aromatic heterocycles. The van der Waals surface area contributed by atoms with Crippen molar-refractivity contribution in [2.24, 2.45) is 0 Å². The fourth-order valence-electron chi connectivity index (χ4n) is 8.48. The zero-order valence-corrected chi connectivity index (χ0v) is 39.1. The predicted octanol–water partition coefficient (Wildman–Crippen LogP) is 17.0. The van der Waals surface area contributed by atoms with Crippen LogP contribution in [0.15, 0.2) is 12.2 Å². The van der Waals surface area contributed by atoms with Crippen LogP contribution in [0.3, 0.4) is 0 Å². The van der Waals surface area contributed by atoms with E-state index in [4.69, 9.17) is 0 Å². The number of allylic oxidation sites excluding steroid dienone is 1. The summed E-state index contributed by atoms with van der Waals surface area (Å²) in [4.78, 5) is 12.4. The predicted molar refractivity (Wildman–Crippen MR) is 253 cm³/mol. The van der Waals surface area contributed by atoms with Crippen molar-refractivity contribution in [2.75, 3.05) is 6.61 Å². The SMILES string of the molecule is CCCCCCCCCCCCCCC/C=C/[C@@H](O)[C@H](CO)NC(=O)CCCCCCCCCCCCCCCCCCCCCCCCCCCCCCCC. The number of carbonyl (C=O) groups is 1. The molecule has 0 saturated carbocycles. The summed E-state index contributed by atoms with van der Waals surface area (Å²) in [5.41, 5.74) is 0. The van der Waals surface area contributed by atoms with Gasteiger partial charge in [0.1, 0.15) is 0 Å². The molecule has 0 radical (unpaired) electrons. The number of unbranched alkanes of at least 4 members (excludes halogenated alkanes) is 42. The molecule has 0 aliphatic heterocycles. The van der Waals surface area contributed by atoms with Crippen molar-refractivity contribution in [3.63, 3.8) is 0 Å². The first-order valence-electron chi connectivity index (χ1n) is 26.4. The average molecular weight is 804 g/mol. The van der Waals surface area contributed by atoms with Crippen LogP contribution in [-0.2, 0) is 4.79 Å². The molecule has 0 aliphatic rings. The minimum Gasteiger partial charge on any atom is -0.394 e. The Hall–Kier alpha value is -0.870. The van der Waals surface area contributed by atoms with Crippen LogP contribution in [0.1, 0.15) is 303 Å². The molecule has 1 amide bonds. The smallest absolute Gasteiger partial charge is 0.220 e. The lowest BCUT2D eigenvalue weighted by molar-refractivity contribution is -0.123. The van der Waals surface area contributed by atoms with Crippen molar-refractivity contribution in [3.05, 3.63) is 12.2 Å². The van der Waals surface area contributed by atoms with Gasteiger partial charge in [0.2, 0.25) is 5.91 Å². The number of aliphatic hydroxyl groups is 2. The molecule has 0 aromatic carbocycles. The van der Waals surface area contributed by atoms with Gasteiger partial charge >= 0.3 is 0 Å². The highest BCUT2D eigenvalue weighted by Crippen LogP contribution is 2.18. The summed E-state index contributed by atoms with van der Waals surface area (Å²) >= 11 is 0. The van der Waals surface area contributed by atoms with E-state index in [1.165, 1.54) is 257 Å². The van der Waals surface area contributed by atoms with E-state index in [0.717, 1.165) is 25.7 Å². The second-order valence-corrected chi connectivity index (χ2v) is 18.3. The molecular formula is C53H105NO3. The molecular weight excluding hydrogens is 699 g/mol. The highest BCUT2D eigenvalue weighted by atomic mass is 16.3. The molecule has 0 aromatic rings. The molecule has 0 fully saturated rings. The van der Waals surface area contributed by atoms with Gasteiger partial charge in [0.05, 0.1) is 18.8 Å². The zero-order chi connectivity index (χ0) is 41.4. The van der Waals surface area contributed by atoms with Crippen LogP contribution in [-0.4, -0.2) is 34.9 Å². The first-order chi connectivity index (χ1) is 28.2. The monoisotopic (exact) mass is 804 g/mol. The molecule has 2 atom stereocenters. The standard InChI is InChI=1S/C53H105NO3/c1-3-5-7-9-11-13-15-17-19-20-21-22-23-24-25-26-27-28-29-30-31-32-33-35-37-39-41-43-45-47-49-53(57)54-51(50-55)52(56)48-46-44-42-40-38-36-34-18-16-14-12-10-8-6-4-2/h46,48,51-52,55-56H,3-45,47,49-50H2,1-2H3,(H,54,57)/b48-46+/t51-,52+/m0/s1. The normalized spacial score (nSPS) is 12.8. The van der Waals surface area contributed by atoms with E-state index >= 15 is 0 Å². The lowest BCUT2D eigenvalue weighted by Gasteiger charge is -2.20. The van der Waals surface area contributed by atoms with E-state index in [2.05, 4.69) is 19.2 Å². The van der Waals surface area contributed by atoms with Crippen LogP contribution in [0.25, 0.3) is 0 Å². The molecule has 0 rings (SSSR count). The summed E-state index contributed by atoms with van der Waals surface area (Å²) < 4.78 is 0. The van der Waals surface area contributed by atoms with Crippen LogP contribution < -0.4 is 5.32 Å². The fourth-order valence-corrected chi connectivity index (χ4v) is 8.48. The first kappa shape index (κ1) is 56.1. The average Bonchev–Trinajstić information content (AvgIpc) is 3.22. The first-order valence-corrected chi connectivity index (χ1v) is 26.4. The molecule has 4 heteroatoms. The van der Waals surface area contributed by atoms with Gasteiger partial charge in [0.25, 0.3) is 0 Å². The van der Waals surface area contributed by atoms with Crippen LogP contribution >= 0.6 is 0 Å². The zero-order valence-electron chi connectivity index (χ0n) is 39.1. The Bertz CT molecular complexity index is 784. The third kappa shape index (κ3) is 46.1. The van der Waals surface area contributed by atoms with E-state index in [1.807, 2.05) is 6.08 Å². The lowest BCUT2D eigenvalue weighted by atomic mass is 10.0. The van der Waals surface area contributed by atoms with Crippen molar-refractivity contribution < 1.29 is 15.0 Å². The van der Waals surface area contributed by atoms with Crippen molar-refractivity contribution in [3.8, 4) is 0 Å². The Balaban J connectivity index is 3.41. The number of nitrogens with one attached hydrogen (secondary N) is 1.